The monoisotopic (exact) mass is 381 g/mol. The number of methoxy groups -OCH3 is 2. The van der Waals surface area contributed by atoms with Crippen LogP contribution >= 0.6 is 0 Å². The van der Waals surface area contributed by atoms with E-state index in [9.17, 15) is 13.2 Å². The molecule has 1 saturated heterocycles. The summed E-state index contributed by atoms with van der Waals surface area (Å²) in [6.45, 7) is 1.26. The van der Waals surface area contributed by atoms with Crippen LogP contribution < -0.4 is 19.7 Å². The molecule has 1 aromatic carbocycles. The average molecular weight is 381 g/mol. The first kappa shape index (κ1) is 19.1. The van der Waals surface area contributed by atoms with Crippen molar-refractivity contribution in [3.8, 4) is 11.5 Å². The van der Waals surface area contributed by atoms with Gasteiger partial charge < -0.3 is 19.7 Å². The Balaban J connectivity index is 1.63. The first-order valence-electron chi connectivity index (χ1n) is 8.68. The fourth-order valence-electron chi connectivity index (χ4n) is 3.14. The van der Waals surface area contributed by atoms with E-state index in [0.717, 1.165) is 24.6 Å². The summed E-state index contributed by atoms with van der Waals surface area (Å²) in [4.78, 5) is 5.66. The molecular weight excluding hydrogens is 359 g/mol. The third kappa shape index (κ3) is 4.75. The van der Waals surface area contributed by atoms with Gasteiger partial charge in [-0.3, -0.25) is 0 Å². The predicted molar refractivity (Wildman–Crippen MR) is 97.6 cm³/mol. The summed E-state index contributed by atoms with van der Waals surface area (Å²) in [6.07, 6.45) is -2.85. The van der Waals surface area contributed by atoms with E-state index in [-0.39, 0.29) is 6.04 Å². The van der Waals surface area contributed by atoms with Gasteiger partial charge in [-0.1, -0.05) is 6.07 Å². The molecule has 0 bridgehead atoms. The molecule has 0 amide bonds. The van der Waals surface area contributed by atoms with Gasteiger partial charge in [-0.15, -0.1) is 0 Å². The predicted octanol–water partition coefficient (Wildman–Crippen LogP) is 4.20. The lowest BCUT2D eigenvalue weighted by Crippen LogP contribution is -2.39. The SMILES string of the molecule is COc1cc(NC2CCN(c3cccc(C(F)(F)F)n3)CC2)cc(OC)c1. The number of alkyl halides is 3. The third-order valence-electron chi connectivity index (χ3n) is 4.57. The summed E-state index contributed by atoms with van der Waals surface area (Å²) in [5, 5.41) is 3.45. The number of nitrogens with zero attached hydrogens (tertiary/aromatic N) is 2. The Morgan fingerprint density at radius 1 is 1.04 bits per heavy atom. The number of benzene rings is 1. The molecule has 2 heterocycles. The van der Waals surface area contributed by atoms with Gasteiger partial charge in [0, 0.05) is 43.0 Å². The van der Waals surface area contributed by atoms with Crippen LogP contribution in [0.3, 0.4) is 0 Å². The number of anilines is 2. The van der Waals surface area contributed by atoms with Crippen molar-refractivity contribution in [2.75, 3.05) is 37.5 Å². The van der Waals surface area contributed by atoms with Crippen molar-refractivity contribution in [3.05, 3.63) is 42.1 Å². The Bertz CT molecular complexity index is 753. The van der Waals surface area contributed by atoms with Gasteiger partial charge in [-0.25, -0.2) is 4.98 Å². The Morgan fingerprint density at radius 3 is 2.22 bits per heavy atom. The molecule has 0 aliphatic carbocycles. The zero-order valence-corrected chi connectivity index (χ0v) is 15.2. The molecule has 1 fully saturated rings. The minimum Gasteiger partial charge on any atom is -0.497 e. The molecule has 8 heteroatoms. The van der Waals surface area contributed by atoms with Gasteiger partial charge in [0.15, 0.2) is 0 Å². The van der Waals surface area contributed by atoms with E-state index in [1.807, 2.05) is 17.0 Å². The second-order valence-corrected chi connectivity index (χ2v) is 6.39. The van der Waals surface area contributed by atoms with Crippen LogP contribution in [0.2, 0.25) is 0 Å². The van der Waals surface area contributed by atoms with E-state index in [2.05, 4.69) is 10.3 Å². The maximum Gasteiger partial charge on any atom is 0.433 e. The van der Waals surface area contributed by atoms with Gasteiger partial charge in [-0.05, 0) is 25.0 Å². The summed E-state index contributed by atoms with van der Waals surface area (Å²) in [6, 6.07) is 9.81. The Kier molecular flexibility index (Phi) is 5.62. The lowest BCUT2D eigenvalue weighted by atomic mass is 10.0. The molecule has 0 unspecified atom stereocenters. The normalized spacial score (nSPS) is 15.5. The van der Waals surface area contributed by atoms with Crippen molar-refractivity contribution in [2.24, 2.45) is 0 Å². The number of ether oxygens (including phenoxy) is 2. The standard InChI is InChI=1S/C19H22F3N3O2/c1-26-15-10-14(11-16(12-15)27-2)23-13-6-8-25(9-7-13)18-5-3-4-17(24-18)19(20,21)22/h3-5,10-13,23H,6-9H2,1-2H3. The average Bonchev–Trinajstić information content (AvgIpc) is 2.67. The van der Waals surface area contributed by atoms with E-state index in [4.69, 9.17) is 9.47 Å². The van der Waals surface area contributed by atoms with Crippen LogP contribution in [-0.4, -0.2) is 38.3 Å². The van der Waals surface area contributed by atoms with Crippen LogP contribution in [0, 0.1) is 0 Å². The van der Waals surface area contributed by atoms with Crippen LogP contribution in [0.1, 0.15) is 18.5 Å². The van der Waals surface area contributed by atoms with Gasteiger partial charge in [0.05, 0.1) is 14.2 Å². The van der Waals surface area contributed by atoms with Crippen molar-refractivity contribution < 1.29 is 22.6 Å². The smallest absolute Gasteiger partial charge is 0.433 e. The first-order valence-corrected chi connectivity index (χ1v) is 8.68. The molecule has 2 aromatic rings. The van der Waals surface area contributed by atoms with Crippen molar-refractivity contribution in [2.45, 2.75) is 25.1 Å². The molecule has 0 spiro atoms. The lowest BCUT2D eigenvalue weighted by Gasteiger charge is -2.34. The molecule has 5 nitrogen and oxygen atoms in total. The lowest BCUT2D eigenvalue weighted by molar-refractivity contribution is -0.141. The summed E-state index contributed by atoms with van der Waals surface area (Å²) in [5.74, 6) is 1.76. The molecular formula is C19H22F3N3O2. The van der Waals surface area contributed by atoms with Gasteiger partial charge in [-0.2, -0.15) is 13.2 Å². The first-order chi connectivity index (χ1) is 12.9. The fraction of sp³-hybridized carbons (Fsp3) is 0.421. The zero-order valence-electron chi connectivity index (χ0n) is 15.2. The molecule has 0 saturated carbocycles. The number of nitrogens with one attached hydrogen (secondary N) is 1. The summed E-state index contributed by atoms with van der Waals surface area (Å²) >= 11 is 0. The second kappa shape index (κ2) is 7.94. The largest absolute Gasteiger partial charge is 0.497 e. The zero-order chi connectivity index (χ0) is 19.4. The van der Waals surface area contributed by atoms with Crippen molar-refractivity contribution in [3.63, 3.8) is 0 Å². The highest BCUT2D eigenvalue weighted by Gasteiger charge is 2.33. The number of rotatable bonds is 5. The second-order valence-electron chi connectivity index (χ2n) is 6.39. The quantitative estimate of drug-likeness (QED) is 0.841. The molecule has 0 radical (unpaired) electrons. The molecule has 1 N–H and O–H groups in total. The number of aromatic nitrogens is 1. The molecule has 0 atom stereocenters. The molecule has 27 heavy (non-hydrogen) atoms. The van der Waals surface area contributed by atoms with Crippen molar-refractivity contribution >= 4 is 11.5 Å². The Morgan fingerprint density at radius 2 is 1.67 bits per heavy atom. The number of pyridine rings is 1. The van der Waals surface area contributed by atoms with Crippen LogP contribution in [0.25, 0.3) is 0 Å². The van der Waals surface area contributed by atoms with Gasteiger partial charge in [0.2, 0.25) is 0 Å². The van der Waals surface area contributed by atoms with E-state index in [1.165, 1.54) is 6.07 Å². The van der Waals surface area contributed by atoms with Gasteiger partial charge in [0.1, 0.15) is 23.0 Å². The summed E-state index contributed by atoms with van der Waals surface area (Å²) in [7, 11) is 3.19. The number of halogens is 3. The van der Waals surface area contributed by atoms with Crippen LogP contribution in [0.5, 0.6) is 11.5 Å². The highest BCUT2D eigenvalue weighted by Crippen LogP contribution is 2.30. The Labute approximate surface area is 156 Å². The molecule has 1 aromatic heterocycles. The van der Waals surface area contributed by atoms with E-state index in [1.54, 1.807) is 26.4 Å². The molecule has 1 aliphatic rings. The Hall–Kier alpha value is -2.64. The number of piperidine rings is 1. The summed E-state index contributed by atoms with van der Waals surface area (Å²) in [5.41, 5.74) is 0.0329. The fourth-order valence-corrected chi connectivity index (χ4v) is 3.14. The number of hydrogen-bond acceptors (Lipinski definition) is 5. The van der Waals surface area contributed by atoms with Crippen LogP contribution in [-0.2, 0) is 6.18 Å². The maximum absolute atomic E-state index is 12.9. The highest BCUT2D eigenvalue weighted by atomic mass is 19.4. The number of hydrogen-bond donors (Lipinski definition) is 1. The topological polar surface area (TPSA) is 46.6 Å². The minimum atomic E-state index is -4.43. The third-order valence-corrected chi connectivity index (χ3v) is 4.57. The van der Waals surface area contributed by atoms with Gasteiger partial charge >= 0.3 is 6.18 Å². The van der Waals surface area contributed by atoms with Gasteiger partial charge in [0.25, 0.3) is 0 Å². The van der Waals surface area contributed by atoms with Crippen LogP contribution in [0.15, 0.2) is 36.4 Å². The highest BCUT2D eigenvalue weighted by molar-refractivity contribution is 5.54. The maximum atomic E-state index is 12.9. The summed E-state index contributed by atoms with van der Waals surface area (Å²) < 4.78 is 49.1. The molecule has 1 aliphatic heterocycles. The van der Waals surface area contributed by atoms with Crippen molar-refractivity contribution in [1.82, 2.24) is 4.98 Å². The van der Waals surface area contributed by atoms with E-state index in [0.29, 0.717) is 30.4 Å². The van der Waals surface area contributed by atoms with Crippen LogP contribution in [0.4, 0.5) is 24.7 Å². The minimum absolute atomic E-state index is 0.212. The molecule has 3 rings (SSSR count). The molecule has 146 valence electrons. The van der Waals surface area contributed by atoms with Crippen molar-refractivity contribution in [1.29, 1.82) is 0 Å². The van der Waals surface area contributed by atoms with E-state index >= 15 is 0 Å². The van der Waals surface area contributed by atoms with E-state index < -0.39 is 11.9 Å².